The third-order valence-electron chi connectivity index (χ3n) is 2.19. The minimum absolute atomic E-state index is 0.0935. The van der Waals surface area contributed by atoms with Crippen LogP contribution in [0.2, 0.25) is 5.02 Å². The average molecular weight is 255 g/mol. The zero-order valence-electron chi connectivity index (χ0n) is 8.43. The summed E-state index contributed by atoms with van der Waals surface area (Å²) in [5.41, 5.74) is 7.41. The molecule has 0 aliphatic carbocycles. The molecule has 1 aromatic carbocycles. The number of halogens is 1. The van der Waals surface area contributed by atoms with E-state index in [1.54, 1.807) is 0 Å². The Morgan fingerprint density at radius 3 is 2.69 bits per heavy atom. The lowest BCUT2D eigenvalue weighted by atomic mass is 10.2. The van der Waals surface area contributed by atoms with E-state index in [0.717, 1.165) is 16.3 Å². The van der Waals surface area contributed by atoms with E-state index in [4.69, 9.17) is 22.4 Å². The number of aliphatic hydroxyl groups excluding tert-OH is 1. The van der Waals surface area contributed by atoms with Crippen molar-refractivity contribution in [3.05, 3.63) is 40.4 Å². The molecule has 2 rings (SSSR count). The van der Waals surface area contributed by atoms with Crippen LogP contribution < -0.4 is 5.73 Å². The summed E-state index contributed by atoms with van der Waals surface area (Å²) in [6.45, 7) is -0.0935. The van der Waals surface area contributed by atoms with Crippen LogP contribution in [-0.4, -0.2) is 16.7 Å². The van der Waals surface area contributed by atoms with Gasteiger partial charge in [0.05, 0.1) is 18.3 Å². The quantitative estimate of drug-likeness (QED) is 0.885. The van der Waals surface area contributed by atoms with Crippen molar-refractivity contribution >= 4 is 22.9 Å². The zero-order valence-corrected chi connectivity index (χ0v) is 10.0. The lowest BCUT2D eigenvalue weighted by molar-refractivity contribution is 0.266. The van der Waals surface area contributed by atoms with Gasteiger partial charge in [0.1, 0.15) is 5.01 Å². The van der Waals surface area contributed by atoms with Crippen LogP contribution in [0.5, 0.6) is 0 Å². The second kappa shape index (κ2) is 4.93. The summed E-state index contributed by atoms with van der Waals surface area (Å²) in [4.78, 5) is 4.37. The fourth-order valence-electron chi connectivity index (χ4n) is 1.28. The summed E-state index contributed by atoms with van der Waals surface area (Å²) < 4.78 is 0. The molecular weight excluding hydrogens is 244 g/mol. The van der Waals surface area contributed by atoms with Crippen molar-refractivity contribution in [3.63, 3.8) is 0 Å². The summed E-state index contributed by atoms with van der Waals surface area (Å²) in [5.74, 6) is 0. The number of nitrogens with two attached hydrogens (primary N) is 1. The molecule has 0 saturated heterocycles. The highest BCUT2D eigenvalue weighted by atomic mass is 35.5. The van der Waals surface area contributed by atoms with Crippen LogP contribution in [0, 0.1) is 0 Å². The van der Waals surface area contributed by atoms with Gasteiger partial charge in [-0.15, -0.1) is 11.3 Å². The Labute approximate surface area is 103 Å². The maximum absolute atomic E-state index is 8.93. The molecule has 0 spiro atoms. The second-order valence-corrected chi connectivity index (χ2v) is 4.67. The fraction of sp³-hybridized carbons (Fsp3) is 0.182. The van der Waals surface area contributed by atoms with E-state index in [2.05, 4.69) is 4.98 Å². The number of rotatable bonds is 3. The number of aliphatic hydroxyl groups is 1. The summed E-state index contributed by atoms with van der Waals surface area (Å²) in [6.07, 6.45) is 0. The first-order chi connectivity index (χ1) is 7.70. The molecule has 1 aromatic heterocycles. The number of hydrogen-bond donors (Lipinski definition) is 2. The van der Waals surface area contributed by atoms with Crippen LogP contribution in [0.4, 0.5) is 0 Å². The van der Waals surface area contributed by atoms with Gasteiger partial charge >= 0.3 is 0 Å². The van der Waals surface area contributed by atoms with E-state index < -0.39 is 6.04 Å². The van der Waals surface area contributed by atoms with Crippen LogP contribution in [-0.2, 0) is 0 Å². The molecule has 0 fully saturated rings. The highest BCUT2D eigenvalue weighted by Crippen LogP contribution is 2.26. The highest BCUT2D eigenvalue weighted by molar-refractivity contribution is 7.13. The Hall–Kier alpha value is -0.940. The van der Waals surface area contributed by atoms with Crippen LogP contribution in [0.1, 0.15) is 11.7 Å². The first-order valence-corrected chi connectivity index (χ1v) is 6.04. The molecule has 16 heavy (non-hydrogen) atoms. The summed E-state index contributed by atoms with van der Waals surface area (Å²) in [7, 11) is 0. The van der Waals surface area contributed by atoms with Crippen molar-refractivity contribution < 1.29 is 5.11 Å². The van der Waals surface area contributed by atoms with Gasteiger partial charge in [0.15, 0.2) is 0 Å². The second-order valence-electron chi connectivity index (χ2n) is 3.37. The van der Waals surface area contributed by atoms with Gasteiger partial charge in [0.25, 0.3) is 0 Å². The predicted octanol–water partition coefficient (Wildman–Crippen LogP) is 2.46. The molecule has 0 saturated carbocycles. The van der Waals surface area contributed by atoms with E-state index in [1.807, 2.05) is 29.6 Å². The van der Waals surface area contributed by atoms with Crippen molar-refractivity contribution in [2.75, 3.05) is 6.61 Å². The van der Waals surface area contributed by atoms with E-state index in [9.17, 15) is 0 Å². The Kier molecular flexibility index (Phi) is 3.56. The van der Waals surface area contributed by atoms with Gasteiger partial charge in [-0.3, -0.25) is 0 Å². The molecule has 3 nitrogen and oxygen atoms in total. The lowest BCUT2D eigenvalue weighted by Gasteiger charge is -2.02. The van der Waals surface area contributed by atoms with Gasteiger partial charge in [0.2, 0.25) is 0 Å². The van der Waals surface area contributed by atoms with E-state index in [-0.39, 0.29) is 6.61 Å². The van der Waals surface area contributed by atoms with Gasteiger partial charge in [-0.1, -0.05) is 23.7 Å². The van der Waals surface area contributed by atoms with Crippen molar-refractivity contribution in [1.82, 2.24) is 4.98 Å². The molecule has 0 amide bonds. The lowest BCUT2D eigenvalue weighted by Crippen LogP contribution is -2.14. The Balaban J connectivity index is 2.28. The molecular formula is C11H11ClN2OS. The van der Waals surface area contributed by atoms with Gasteiger partial charge in [0, 0.05) is 16.0 Å². The van der Waals surface area contributed by atoms with E-state index >= 15 is 0 Å². The van der Waals surface area contributed by atoms with Crippen molar-refractivity contribution in [2.24, 2.45) is 5.73 Å². The molecule has 1 heterocycles. The third-order valence-corrected chi connectivity index (χ3v) is 3.35. The van der Waals surface area contributed by atoms with Crippen LogP contribution in [0.3, 0.4) is 0 Å². The Bertz CT molecular complexity index is 469. The molecule has 0 bridgehead atoms. The van der Waals surface area contributed by atoms with E-state index in [0.29, 0.717) is 5.02 Å². The molecule has 84 valence electrons. The number of thiazole rings is 1. The van der Waals surface area contributed by atoms with Crippen LogP contribution in [0.25, 0.3) is 10.6 Å². The minimum Gasteiger partial charge on any atom is -0.394 e. The predicted molar refractivity (Wildman–Crippen MR) is 66.6 cm³/mol. The maximum atomic E-state index is 8.93. The Morgan fingerprint density at radius 1 is 1.38 bits per heavy atom. The van der Waals surface area contributed by atoms with Crippen LogP contribution in [0.15, 0.2) is 29.6 Å². The molecule has 0 aliphatic rings. The number of benzene rings is 1. The Morgan fingerprint density at radius 2 is 2.06 bits per heavy atom. The molecule has 3 N–H and O–H groups in total. The molecule has 0 aliphatic heterocycles. The monoisotopic (exact) mass is 254 g/mol. The molecule has 1 unspecified atom stereocenters. The summed E-state index contributed by atoms with van der Waals surface area (Å²) >= 11 is 7.31. The number of nitrogens with zero attached hydrogens (tertiary/aromatic N) is 1. The zero-order chi connectivity index (χ0) is 11.5. The maximum Gasteiger partial charge on any atom is 0.123 e. The number of hydrogen-bond acceptors (Lipinski definition) is 4. The van der Waals surface area contributed by atoms with Crippen LogP contribution >= 0.6 is 22.9 Å². The third kappa shape index (κ3) is 2.41. The van der Waals surface area contributed by atoms with Gasteiger partial charge in [-0.2, -0.15) is 0 Å². The highest BCUT2D eigenvalue weighted by Gasteiger charge is 2.10. The largest absolute Gasteiger partial charge is 0.394 e. The van der Waals surface area contributed by atoms with Gasteiger partial charge < -0.3 is 10.8 Å². The average Bonchev–Trinajstić information content (AvgIpc) is 2.78. The van der Waals surface area contributed by atoms with E-state index in [1.165, 1.54) is 11.3 Å². The topological polar surface area (TPSA) is 59.1 Å². The molecule has 2 aromatic rings. The summed E-state index contributed by atoms with van der Waals surface area (Å²) in [6, 6.07) is 7.07. The van der Waals surface area contributed by atoms with Gasteiger partial charge in [-0.25, -0.2) is 4.98 Å². The standard InChI is InChI=1S/C11H11ClN2OS/c12-8-3-1-7(2-4-8)11-14-10(6-16-11)9(13)5-15/h1-4,6,9,15H,5,13H2. The summed E-state index contributed by atoms with van der Waals surface area (Å²) in [5, 5.41) is 12.4. The number of aromatic nitrogens is 1. The normalized spacial score (nSPS) is 12.7. The smallest absolute Gasteiger partial charge is 0.123 e. The molecule has 1 atom stereocenters. The first-order valence-electron chi connectivity index (χ1n) is 4.78. The van der Waals surface area contributed by atoms with Crippen molar-refractivity contribution in [2.45, 2.75) is 6.04 Å². The van der Waals surface area contributed by atoms with Crippen molar-refractivity contribution in [3.8, 4) is 10.6 Å². The first kappa shape index (κ1) is 11.5. The SMILES string of the molecule is NC(CO)c1csc(-c2ccc(Cl)cc2)n1. The minimum atomic E-state index is -0.405. The van der Waals surface area contributed by atoms with Gasteiger partial charge in [-0.05, 0) is 12.1 Å². The molecule has 5 heteroatoms. The fourth-order valence-corrected chi connectivity index (χ4v) is 2.29. The van der Waals surface area contributed by atoms with Crippen molar-refractivity contribution in [1.29, 1.82) is 0 Å². The molecule has 0 radical (unpaired) electrons.